The second kappa shape index (κ2) is 5.35. The van der Waals surface area contributed by atoms with Crippen LogP contribution >= 0.6 is 22.6 Å². The first-order chi connectivity index (χ1) is 7.22. The normalized spacial score (nSPS) is 38.4. The molecule has 0 aromatic rings. The van der Waals surface area contributed by atoms with Gasteiger partial charge in [0.25, 0.3) is 0 Å². The van der Waals surface area contributed by atoms with Crippen molar-refractivity contribution in [1.29, 1.82) is 0 Å². The van der Waals surface area contributed by atoms with E-state index in [1.54, 1.807) is 0 Å². The van der Waals surface area contributed by atoms with E-state index in [4.69, 9.17) is 4.74 Å². The molecule has 88 valence electrons. The van der Waals surface area contributed by atoms with Crippen LogP contribution in [0.2, 0.25) is 0 Å². The van der Waals surface area contributed by atoms with Crippen molar-refractivity contribution in [3.05, 3.63) is 0 Å². The maximum atomic E-state index is 6.28. The Kier molecular flexibility index (Phi) is 4.33. The molecule has 2 heteroatoms. The van der Waals surface area contributed by atoms with Crippen molar-refractivity contribution in [3.63, 3.8) is 0 Å². The summed E-state index contributed by atoms with van der Waals surface area (Å²) in [5, 5.41) is 0. The van der Waals surface area contributed by atoms with Crippen LogP contribution in [-0.2, 0) is 4.74 Å². The first-order valence-electron chi connectivity index (χ1n) is 6.46. The van der Waals surface area contributed by atoms with Crippen LogP contribution in [0.1, 0.15) is 58.3 Å². The predicted octanol–water partition coefficient (Wildman–Crippen LogP) is 4.33. The summed E-state index contributed by atoms with van der Waals surface area (Å²) in [4.78, 5) is 0. The number of hydrogen-bond donors (Lipinski definition) is 0. The van der Waals surface area contributed by atoms with E-state index in [9.17, 15) is 0 Å². The number of alkyl halides is 1. The monoisotopic (exact) mass is 322 g/mol. The van der Waals surface area contributed by atoms with E-state index in [1.165, 1.54) is 51.4 Å². The molecule has 2 fully saturated rings. The maximum Gasteiger partial charge on any atom is 0.0671 e. The highest BCUT2D eigenvalue weighted by molar-refractivity contribution is 14.1. The lowest BCUT2D eigenvalue weighted by Crippen LogP contribution is -2.40. The van der Waals surface area contributed by atoms with E-state index in [1.807, 2.05) is 0 Å². The molecule has 0 bridgehead atoms. The van der Waals surface area contributed by atoms with Crippen LogP contribution in [0.4, 0.5) is 0 Å². The zero-order valence-corrected chi connectivity index (χ0v) is 12.0. The van der Waals surface area contributed by atoms with E-state index in [0.29, 0.717) is 6.10 Å². The van der Waals surface area contributed by atoms with Crippen molar-refractivity contribution >= 4 is 22.6 Å². The Morgan fingerprint density at radius 1 is 1.20 bits per heavy atom. The summed E-state index contributed by atoms with van der Waals surface area (Å²) in [6, 6.07) is 0. The smallest absolute Gasteiger partial charge is 0.0671 e. The van der Waals surface area contributed by atoms with Gasteiger partial charge in [0, 0.05) is 4.43 Å². The van der Waals surface area contributed by atoms with Gasteiger partial charge in [0.05, 0.1) is 11.7 Å². The highest BCUT2D eigenvalue weighted by Gasteiger charge is 2.35. The second-order valence-electron chi connectivity index (χ2n) is 5.59. The third-order valence-electron chi connectivity index (χ3n) is 4.05. The van der Waals surface area contributed by atoms with Gasteiger partial charge in [0.15, 0.2) is 0 Å². The summed E-state index contributed by atoms with van der Waals surface area (Å²) >= 11 is 2.46. The van der Waals surface area contributed by atoms with Crippen molar-refractivity contribution in [2.45, 2.75) is 70.0 Å². The van der Waals surface area contributed by atoms with Gasteiger partial charge in [0.1, 0.15) is 0 Å². The van der Waals surface area contributed by atoms with Gasteiger partial charge >= 0.3 is 0 Å². The van der Waals surface area contributed by atoms with Crippen LogP contribution in [0.15, 0.2) is 0 Å². The maximum absolute atomic E-state index is 6.28. The quantitative estimate of drug-likeness (QED) is 0.555. The molecular formula is C13H23IO. The zero-order chi connectivity index (χ0) is 10.7. The Hall–Kier alpha value is 0.690. The van der Waals surface area contributed by atoms with E-state index < -0.39 is 0 Å². The van der Waals surface area contributed by atoms with E-state index >= 15 is 0 Å². The van der Waals surface area contributed by atoms with Crippen LogP contribution in [0.5, 0.6) is 0 Å². The summed E-state index contributed by atoms with van der Waals surface area (Å²) in [6.07, 6.45) is 11.6. The summed E-state index contributed by atoms with van der Waals surface area (Å²) < 4.78 is 7.44. The molecule has 0 spiro atoms. The number of rotatable bonds is 3. The fraction of sp³-hybridized carbons (Fsp3) is 1.00. The molecule has 0 aromatic carbocycles. The topological polar surface area (TPSA) is 9.23 Å². The van der Waals surface area contributed by atoms with Gasteiger partial charge in [-0.2, -0.15) is 0 Å². The third kappa shape index (κ3) is 3.32. The molecule has 0 radical (unpaired) electrons. The average molecular weight is 322 g/mol. The highest BCUT2D eigenvalue weighted by Crippen LogP contribution is 2.39. The molecule has 2 rings (SSSR count). The lowest BCUT2D eigenvalue weighted by atomic mass is 9.84. The third-order valence-corrected chi connectivity index (χ3v) is 5.03. The molecule has 1 saturated carbocycles. The van der Waals surface area contributed by atoms with Crippen molar-refractivity contribution in [2.75, 3.05) is 4.43 Å². The van der Waals surface area contributed by atoms with Crippen LogP contribution < -0.4 is 0 Å². The number of halogens is 1. The predicted molar refractivity (Wildman–Crippen MR) is 72.6 cm³/mol. The minimum Gasteiger partial charge on any atom is -0.371 e. The molecule has 0 N–H and O–H groups in total. The molecule has 1 aliphatic carbocycles. The zero-order valence-electron chi connectivity index (χ0n) is 9.80. The molecule has 1 aliphatic heterocycles. The molecule has 1 nitrogen and oxygen atoms in total. The van der Waals surface area contributed by atoms with Gasteiger partial charge in [-0.1, -0.05) is 48.3 Å². The van der Waals surface area contributed by atoms with Crippen molar-refractivity contribution < 1.29 is 4.74 Å². The largest absolute Gasteiger partial charge is 0.371 e. The van der Waals surface area contributed by atoms with Crippen LogP contribution in [0, 0.1) is 5.92 Å². The van der Waals surface area contributed by atoms with Gasteiger partial charge in [-0.25, -0.2) is 0 Å². The van der Waals surface area contributed by atoms with Crippen molar-refractivity contribution in [1.82, 2.24) is 0 Å². The summed E-state index contributed by atoms with van der Waals surface area (Å²) in [7, 11) is 0. The summed E-state index contributed by atoms with van der Waals surface area (Å²) in [6.45, 7) is 2.35. The minimum atomic E-state index is 0.211. The van der Waals surface area contributed by atoms with Crippen molar-refractivity contribution in [2.24, 2.45) is 5.92 Å². The van der Waals surface area contributed by atoms with Gasteiger partial charge in [-0.15, -0.1) is 0 Å². The van der Waals surface area contributed by atoms with E-state index in [0.717, 1.165) is 10.3 Å². The first kappa shape index (κ1) is 12.2. The molecule has 0 amide bonds. The Labute approximate surface area is 107 Å². The number of ether oxygens (including phenoxy) is 1. The molecule has 0 aromatic heterocycles. The molecule has 2 atom stereocenters. The summed E-state index contributed by atoms with van der Waals surface area (Å²) in [5.74, 6) is 0.961. The molecule has 2 unspecified atom stereocenters. The van der Waals surface area contributed by atoms with Gasteiger partial charge in [0.2, 0.25) is 0 Å². The fourth-order valence-corrected chi connectivity index (χ4v) is 3.93. The molecule has 2 aliphatic rings. The lowest BCUT2D eigenvalue weighted by molar-refractivity contribution is -0.118. The van der Waals surface area contributed by atoms with Gasteiger partial charge in [-0.3, -0.25) is 0 Å². The minimum absolute atomic E-state index is 0.211. The average Bonchev–Trinajstić information content (AvgIpc) is 2.69. The van der Waals surface area contributed by atoms with E-state index in [2.05, 4.69) is 29.5 Å². The first-order valence-corrected chi connectivity index (χ1v) is 7.98. The van der Waals surface area contributed by atoms with Crippen LogP contribution in [0.25, 0.3) is 0 Å². The molecule has 15 heavy (non-hydrogen) atoms. The highest BCUT2D eigenvalue weighted by atomic mass is 127. The van der Waals surface area contributed by atoms with E-state index in [-0.39, 0.29) is 5.60 Å². The number of hydrogen-bond acceptors (Lipinski definition) is 1. The van der Waals surface area contributed by atoms with Gasteiger partial charge in [-0.05, 0) is 38.5 Å². The standard InChI is InChI=1S/C13H23IO/c1-13(9-11-5-2-3-6-11)8-4-7-12(10-14)15-13/h11-12H,2-10H2,1H3. The van der Waals surface area contributed by atoms with Crippen molar-refractivity contribution in [3.8, 4) is 0 Å². The Bertz CT molecular complexity index is 201. The molecule has 1 heterocycles. The Balaban J connectivity index is 1.87. The molecular weight excluding hydrogens is 299 g/mol. The second-order valence-corrected chi connectivity index (χ2v) is 6.47. The SMILES string of the molecule is CC1(CC2CCCC2)CCCC(CI)O1. The fourth-order valence-electron chi connectivity index (χ4n) is 3.31. The summed E-state index contributed by atoms with van der Waals surface area (Å²) in [5.41, 5.74) is 0.211. The lowest BCUT2D eigenvalue weighted by Gasteiger charge is -2.40. The van der Waals surface area contributed by atoms with Gasteiger partial charge < -0.3 is 4.74 Å². The Morgan fingerprint density at radius 2 is 1.93 bits per heavy atom. The molecule has 1 saturated heterocycles. The van der Waals surface area contributed by atoms with Crippen LogP contribution in [0.3, 0.4) is 0 Å². The Morgan fingerprint density at radius 3 is 2.60 bits per heavy atom. The van der Waals surface area contributed by atoms with Crippen LogP contribution in [-0.4, -0.2) is 16.1 Å².